The monoisotopic (exact) mass is 464 g/mol. The van der Waals surface area contributed by atoms with E-state index in [1.54, 1.807) is 26.0 Å². The van der Waals surface area contributed by atoms with Gasteiger partial charge >= 0.3 is 18.0 Å². The molecule has 2 amide bonds. The summed E-state index contributed by atoms with van der Waals surface area (Å²) >= 11 is 0. The van der Waals surface area contributed by atoms with Crippen LogP contribution in [0, 0.1) is 0 Å². The maximum atomic E-state index is 13.0. The van der Waals surface area contributed by atoms with Gasteiger partial charge in [-0.05, 0) is 32.0 Å². The van der Waals surface area contributed by atoms with Crippen molar-refractivity contribution < 1.29 is 33.0 Å². The molecule has 1 unspecified atom stereocenters. The number of esters is 2. The summed E-state index contributed by atoms with van der Waals surface area (Å²) in [6.45, 7) is 3.23. The average molecular weight is 464 g/mol. The molecule has 9 heteroatoms. The van der Waals surface area contributed by atoms with Gasteiger partial charge in [-0.25, -0.2) is 14.4 Å². The molecule has 2 heterocycles. The second-order valence-electron chi connectivity index (χ2n) is 7.52. The lowest BCUT2D eigenvalue weighted by atomic mass is 10.0. The first-order chi connectivity index (χ1) is 16.5. The quantitative estimate of drug-likeness (QED) is 0.489. The van der Waals surface area contributed by atoms with Crippen LogP contribution in [0.5, 0.6) is 5.75 Å². The highest BCUT2D eigenvalue weighted by atomic mass is 16.5. The van der Waals surface area contributed by atoms with Crippen molar-refractivity contribution in [3.8, 4) is 5.75 Å². The highest BCUT2D eigenvalue weighted by Gasteiger charge is 2.31. The predicted molar refractivity (Wildman–Crippen MR) is 122 cm³/mol. The Morgan fingerprint density at radius 1 is 0.971 bits per heavy atom. The Balaban J connectivity index is 1.58. The van der Waals surface area contributed by atoms with E-state index in [1.807, 2.05) is 42.5 Å². The van der Waals surface area contributed by atoms with Crippen LogP contribution in [0.1, 0.15) is 30.0 Å². The van der Waals surface area contributed by atoms with Gasteiger partial charge in [-0.15, -0.1) is 0 Å². The molecule has 1 aliphatic rings. The molecule has 3 aromatic rings. The number of ether oxygens (including phenoxy) is 3. The van der Waals surface area contributed by atoms with E-state index in [1.165, 1.54) is 0 Å². The van der Waals surface area contributed by atoms with E-state index in [-0.39, 0.29) is 36.9 Å². The Labute approximate surface area is 195 Å². The number of fused-ring (bicyclic) bond motifs is 1. The van der Waals surface area contributed by atoms with E-state index < -0.39 is 24.0 Å². The highest BCUT2D eigenvalue weighted by molar-refractivity contribution is 5.97. The summed E-state index contributed by atoms with van der Waals surface area (Å²) in [5.41, 5.74) is 1.39. The van der Waals surface area contributed by atoms with E-state index in [4.69, 9.17) is 18.6 Å². The third kappa shape index (κ3) is 4.88. The molecule has 0 bridgehead atoms. The van der Waals surface area contributed by atoms with Gasteiger partial charge in [0, 0.05) is 5.39 Å². The second kappa shape index (κ2) is 10.1. The standard InChI is InChI=1S/C25H24N2O7/c1-3-31-23(28)21-15(2)26-25(30)27-19(21)14-33-24(29)22-18(13-32-16-9-5-4-6-10-16)17-11-7-8-12-20(17)34-22/h4-12,15H,3,13-14H2,1-2H3,(H2,26,27,30). The summed E-state index contributed by atoms with van der Waals surface area (Å²) in [4.78, 5) is 37.3. The van der Waals surface area contributed by atoms with Crippen molar-refractivity contribution in [2.45, 2.75) is 26.5 Å². The lowest BCUT2D eigenvalue weighted by Gasteiger charge is -2.26. The smallest absolute Gasteiger partial charge is 0.375 e. The zero-order valence-electron chi connectivity index (χ0n) is 18.8. The Bertz CT molecular complexity index is 1250. The number of amides is 2. The van der Waals surface area contributed by atoms with Crippen LogP contribution in [-0.4, -0.2) is 37.2 Å². The van der Waals surface area contributed by atoms with Gasteiger partial charge < -0.3 is 29.3 Å². The molecule has 34 heavy (non-hydrogen) atoms. The van der Waals surface area contributed by atoms with Gasteiger partial charge in [-0.1, -0.05) is 36.4 Å². The summed E-state index contributed by atoms with van der Waals surface area (Å²) in [7, 11) is 0. The van der Waals surface area contributed by atoms with Crippen molar-refractivity contribution in [1.29, 1.82) is 0 Å². The molecular formula is C25H24N2O7. The minimum atomic E-state index is -0.751. The van der Waals surface area contributed by atoms with Crippen LogP contribution in [0.3, 0.4) is 0 Å². The number of furan rings is 1. The number of hydrogen-bond acceptors (Lipinski definition) is 7. The lowest BCUT2D eigenvalue weighted by Crippen LogP contribution is -2.50. The molecule has 2 aromatic carbocycles. The summed E-state index contributed by atoms with van der Waals surface area (Å²) in [6, 6.07) is 15.3. The van der Waals surface area contributed by atoms with Crippen LogP contribution in [0.2, 0.25) is 0 Å². The number of hydrogen-bond donors (Lipinski definition) is 2. The Morgan fingerprint density at radius 2 is 1.71 bits per heavy atom. The lowest BCUT2D eigenvalue weighted by molar-refractivity contribution is -0.139. The minimum absolute atomic E-state index is 0.0104. The molecule has 1 atom stereocenters. The van der Waals surface area contributed by atoms with Crippen molar-refractivity contribution in [2.75, 3.05) is 13.2 Å². The summed E-state index contributed by atoms with van der Waals surface area (Å²) in [5, 5.41) is 5.84. The van der Waals surface area contributed by atoms with E-state index in [2.05, 4.69) is 10.6 Å². The first-order valence-electron chi connectivity index (χ1n) is 10.8. The molecule has 1 aliphatic heterocycles. The first-order valence-corrected chi connectivity index (χ1v) is 10.8. The van der Waals surface area contributed by atoms with Crippen molar-refractivity contribution in [3.63, 3.8) is 0 Å². The van der Waals surface area contributed by atoms with Gasteiger partial charge in [0.15, 0.2) is 0 Å². The van der Waals surface area contributed by atoms with Crippen LogP contribution < -0.4 is 15.4 Å². The zero-order valence-corrected chi connectivity index (χ0v) is 18.8. The molecule has 0 saturated carbocycles. The molecular weight excluding hydrogens is 440 g/mol. The molecule has 4 rings (SSSR count). The van der Waals surface area contributed by atoms with Crippen LogP contribution in [-0.2, 0) is 20.9 Å². The number of rotatable bonds is 8. The van der Waals surface area contributed by atoms with Crippen LogP contribution in [0.25, 0.3) is 11.0 Å². The Morgan fingerprint density at radius 3 is 2.47 bits per heavy atom. The predicted octanol–water partition coefficient (Wildman–Crippen LogP) is 3.69. The number of carbonyl (C=O) groups is 3. The summed E-state index contributed by atoms with van der Waals surface area (Å²) in [5.74, 6) is -0.722. The van der Waals surface area contributed by atoms with Crippen LogP contribution in [0.15, 0.2) is 70.3 Å². The molecule has 2 N–H and O–H groups in total. The molecule has 0 aliphatic carbocycles. The topological polar surface area (TPSA) is 116 Å². The van der Waals surface area contributed by atoms with Crippen LogP contribution >= 0.6 is 0 Å². The maximum Gasteiger partial charge on any atom is 0.375 e. The molecule has 0 saturated heterocycles. The number of nitrogens with one attached hydrogen (secondary N) is 2. The van der Waals surface area contributed by atoms with E-state index in [0.29, 0.717) is 16.9 Å². The van der Waals surface area contributed by atoms with Gasteiger partial charge in [0.05, 0.1) is 29.5 Å². The van der Waals surface area contributed by atoms with Gasteiger partial charge in [0.25, 0.3) is 0 Å². The molecule has 176 valence electrons. The molecule has 0 spiro atoms. The molecule has 1 aromatic heterocycles. The fraction of sp³-hybridized carbons (Fsp3) is 0.240. The van der Waals surface area contributed by atoms with Gasteiger partial charge in [0.2, 0.25) is 5.76 Å². The summed E-state index contributed by atoms with van der Waals surface area (Å²) < 4.78 is 22.2. The second-order valence-corrected chi connectivity index (χ2v) is 7.52. The van der Waals surface area contributed by atoms with E-state index in [9.17, 15) is 14.4 Å². The third-order valence-corrected chi connectivity index (χ3v) is 5.22. The SMILES string of the molecule is CCOC(=O)C1=C(COC(=O)c2oc3ccccc3c2COc2ccccc2)NC(=O)NC1C. The van der Waals surface area contributed by atoms with E-state index in [0.717, 1.165) is 5.39 Å². The fourth-order valence-corrected chi connectivity index (χ4v) is 3.68. The Hall–Kier alpha value is -4.27. The van der Waals surface area contributed by atoms with Crippen molar-refractivity contribution >= 4 is 28.9 Å². The van der Waals surface area contributed by atoms with Gasteiger partial charge in [0.1, 0.15) is 24.5 Å². The molecule has 0 radical (unpaired) electrons. The number of para-hydroxylation sites is 2. The number of urea groups is 1. The third-order valence-electron chi connectivity index (χ3n) is 5.22. The largest absolute Gasteiger partial charge is 0.489 e. The van der Waals surface area contributed by atoms with Crippen molar-refractivity contribution in [3.05, 3.63) is 77.2 Å². The fourth-order valence-electron chi connectivity index (χ4n) is 3.68. The van der Waals surface area contributed by atoms with Crippen molar-refractivity contribution in [2.24, 2.45) is 0 Å². The van der Waals surface area contributed by atoms with Gasteiger partial charge in [-0.3, -0.25) is 0 Å². The Kier molecular flexibility index (Phi) is 6.82. The number of benzene rings is 2. The number of carbonyl (C=O) groups excluding carboxylic acids is 3. The van der Waals surface area contributed by atoms with Crippen LogP contribution in [0.4, 0.5) is 4.79 Å². The van der Waals surface area contributed by atoms with Gasteiger partial charge in [-0.2, -0.15) is 0 Å². The molecule has 0 fully saturated rings. The maximum absolute atomic E-state index is 13.0. The average Bonchev–Trinajstić information content (AvgIpc) is 3.20. The van der Waals surface area contributed by atoms with E-state index >= 15 is 0 Å². The summed E-state index contributed by atoms with van der Waals surface area (Å²) in [6.07, 6.45) is 0. The minimum Gasteiger partial charge on any atom is -0.489 e. The molecule has 9 nitrogen and oxygen atoms in total. The first kappa shape index (κ1) is 22.9. The highest BCUT2D eigenvalue weighted by Crippen LogP contribution is 2.28. The zero-order chi connectivity index (χ0) is 24.1. The van der Waals surface area contributed by atoms with Crippen molar-refractivity contribution in [1.82, 2.24) is 10.6 Å². The normalized spacial score (nSPS) is 15.5.